The van der Waals surface area contributed by atoms with Gasteiger partial charge in [0, 0.05) is 18.5 Å². The Kier molecular flexibility index (Phi) is 4.33. The number of rotatable bonds is 5. The van der Waals surface area contributed by atoms with Crippen LogP contribution in [0.1, 0.15) is 46.5 Å². The van der Waals surface area contributed by atoms with Crippen molar-refractivity contribution in [3.63, 3.8) is 0 Å². The quantitative estimate of drug-likeness (QED) is 0.652. The molecule has 94 valence electrons. The lowest BCUT2D eigenvalue weighted by Gasteiger charge is -2.41. The molecule has 16 heavy (non-hydrogen) atoms. The average Bonchev–Trinajstić information content (AvgIpc) is 2.09. The molecule has 0 heterocycles. The van der Waals surface area contributed by atoms with Crippen molar-refractivity contribution in [2.45, 2.75) is 57.5 Å². The van der Waals surface area contributed by atoms with Gasteiger partial charge in [-0.25, -0.2) is 0 Å². The number of amides is 1. The van der Waals surface area contributed by atoms with Gasteiger partial charge in [-0.05, 0) is 40.0 Å². The monoisotopic (exact) mass is 228 g/mol. The fourth-order valence-electron chi connectivity index (χ4n) is 1.84. The summed E-state index contributed by atoms with van der Waals surface area (Å²) >= 11 is 0. The van der Waals surface area contributed by atoms with Crippen molar-refractivity contribution in [3.8, 4) is 0 Å². The fraction of sp³-hybridized carbons (Fsp3) is 0.917. The second kappa shape index (κ2) is 5.15. The standard InChI is InChI=1S/C12H24N2O2/c1-11(2,3)13-8-5-10(16)14-12(9-15)6-4-7-12/h13,15H,4-9H2,1-3H3,(H,14,16). The number of aliphatic hydroxyl groups is 1. The summed E-state index contributed by atoms with van der Waals surface area (Å²) in [7, 11) is 0. The molecule has 0 radical (unpaired) electrons. The van der Waals surface area contributed by atoms with Crippen LogP contribution in [0.15, 0.2) is 0 Å². The Morgan fingerprint density at radius 3 is 2.38 bits per heavy atom. The first-order valence-electron chi connectivity index (χ1n) is 6.04. The molecule has 4 nitrogen and oxygen atoms in total. The number of carbonyl (C=O) groups excluding carboxylic acids is 1. The largest absolute Gasteiger partial charge is 0.394 e. The highest BCUT2D eigenvalue weighted by molar-refractivity contribution is 5.77. The summed E-state index contributed by atoms with van der Waals surface area (Å²) in [6.07, 6.45) is 3.38. The molecule has 0 saturated heterocycles. The first-order chi connectivity index (χ1) is 7.37. The molecule has 1 fully saturated rings. The molecule has 0 aliphatic heterocycles. The predicted molar refractivity (Wildman–Crippen MR) is 64.2 cm³/mol. The molecule has 0 spiro atoms. The van der Waals surface area contributed by atoms with E-state index in [0.717, 1.165) is 19.3 Å². The van der Waals surface area contributed by atoms with Crippen LogP contribution in [-0.2, 0) is 4.79 Å². The Hall–Kier alpha value is -0.610. The summed E-state index contributed by atoms with van der Waals surface area (Å²) < 4.78 is 0. The van der Waals surface area contributed by atoms with E-state index in [9.17, 15) is 9.90 Å². The summed E-state index contributed by atoms with van der Waals surface area (Å²) in [6.45, 7) is 6.96. The first kappa shape index (κ1) is 13.5. The van der Waals surface area contributed by atoms with Crippen molar-refractivity contribution in [1.82, 2.24) is 10.6 Å². The van der Waals surface area contributed by atoms with Gasteiger partial charge >= 0.3 is 0 Å². The summed E-state index contributed by atoms with van der Waals surface area (Å²) in [5.74, 6) is 0.0329. The fourth-order valence-corrected chi connectivity index (χ4v) is 1.84. The smallest absolute Gasteiger partial charge is 0.221 e. The lowest BCUT2D eigenvalue weighted by molar-refractivity contribution is -0.125. The molecule has 0 aromatic heterocycles. The molecule has 0 aromatic carbocycles. The van der Waals surface area contributed by atoms with Gasteiger partial charge in [-0.2, -0.15) is 0 Å². The van der Waals surface area contributed by atoms with Crippen LogP contribution in [0.2, 0.25) is 0 Å². The number of hydrogen-bond donors (Lipinski definition) is 3. The Balaban J connectivity index is 2.21. The minimum absolute atomic E-state index is 0.0329. The van der Waals surface area contributed by atoms with E-state index < -0.39 is 0 Å². The van der Waals surface area contributed by atoms with E-state index in [1.54, 1.807) is 0 Å². The topological polar surface area (TPSA) is 61.4 Å². The van der Waals surface area contributed by atoms with Crippen molar-refractivity contribution < 1.29 is 9.90 Å². The SMILES string of the molecule is CC(C)(C)NCCC(=O)NC1(CO)CCC1. The highest BCUT2D eigenvalue weighted by atomic mass is 16.3. The van der Waals surface area contributed by atoms with Crippen molar-refractivity contribution in [2.75, 3.05) is 13.2 Å². The van der Waals surface area contributed by atoms with Crippen LogP contribution in [0.25, 0.3) is 0 Å². The third-order valence-electron chi connectivity index (χ3n) is 3.03. The number of carbonyl (C=O) groups is 1. The minimum Gasteiger partial charge on any atom is -0.394 e. The van der Waals surface area contributed by atoms with E-state index in [2.05, 4.69) is 31.4 Å². The maximum Gasteiger partial charge on any atom is 0.221 e. The van der Waals surface area contributed by atoms with Crippen molar-refractivity contribution >= 4 is 5.91 Å². The molecule has 0 atom stereocenters. The van der Waals surface area contributed by atoms with Crippen LogP contribution in [0, 0.1) is 0 Å². The third-order valence-corrected chi connectivity index (χ3v) is 3.03. The molecular weight excluding hydrogens is 204 g/mol. The zero-order valence-corrected chi connectivity index (χ0v) is 10.6. The van der Waals surface area contributed by atoms with Crippen LogP contribution in [0.3, 0.4) is 0 Å². The Bertz CT molecular complexity index is 236. The maximum atomic E-state index is 11.6. The van der Waals surface area contributed by atoms with E-state index in [-0.39, 0.29) is 23.6 Å². The van der Waals surface area contributed by atoms with Gasteiger partial charge in [0.1, 0.15) is 0 Å². The van der Waals surface area contributed by atoms with Crippen molar-refractivity contribution in [3.05, 3.63) is 0 Å². The van der Waals surface area contributed by atoms with Crippen LogP contribution >= 0.6 is 0 Å². The zero-order chi connectivity index (χ0) is 12.2. The van der Waals surface area contributed by atoms with Crippen LogP contribution in [0.5, 0.6) is 0 Å². The zero-order valence-electron chi connectivity index (χ0n) is 10.6. The number of hydrogen-bond acceptors (Lipinski definition) is 3. The average molecular weight is 228 g/mol. The molecule has 1 amide bonds. The van der Waals surface area contributed by atoms with E-state index in [4.69, 9.17) is 0 Å². The highest BCUT2D eigenvalue weighted by Gasteiger charge is 2.37. The Morgan fingerprint density at radius 2 is 2.00 bits per heavy atom. The molecular formula is C12H24N2O2. The molecule has 0 bridgehead atoms. The molecule has 0 unspecified atom stereocenters. The summed E-state index contributed by atoms with van der Waals surface area (Å²) in [5, 5.41) is 15.4. The van der Waals surface area contributed by atoms with E-state index in [1.165, 1.54) is 0 Å². The van der Waals surface area contributed by atoms with Gasteiger partial charge in [0.15, 0.2) is 0 Å². The van der Waals surface area contributed by atoms with Gasteiger partial charge in [0.05, 0.1) is 12.1 Å². The number of aliphatic hydroxyl groups excluding tert-OH is 1. The van der Waals surface area contributed by atoms with Gasteiger partial charge in [0.25, 0.3) is 0 Å². The molecule has 0 aromatic rings. The maximum absolute atomic E-state index is 11.6. The normalized spacial score (nSPS) is 19.0. The highest BCUT2D eigenvalue weighted by Crippen LogP contribution is 2.31. The van der Waals surface area contributed by atoms with E-state index in [0.29, 0.717) is 13.0 Å². The first-order valence-corrected chi connectivity index (χ1v) is 6.04. The molecule has 4 heteroatoms. The third kappa shape index (κ3) is 4.10. The molecule has 1 saturated carbocycles. The molecule has 1 rings (SSSR count). The van der Waals surface area contributed by atoms with E-state index >= 15 is 0 Å². The predicted octanol–water partition coefficient (Wildman–Crippen LogP) is 0.796. The summed E-state index contributed by atoms with van der Waals surface area (Å²) in [5.41, 5.74) is -0.260. The van der Waals surface area contributed by atoms with Crippen LogP contribution < -0.4 is 10.6 Å². The minimum atomic E-state index is -0.307. The molecule has 1 aliphatic carbocycles. The lowest BCUT2D eigenvalue weighted by Crippen LogP contribution is -2.56. The molecule has 3 N–H and O–H groups in total. The molecule has 1 aliphatic rings. The second-order valence-corrected chi connectivity index (χ2v) is 5.77. The second-order valence-electron chi connectivity index (χ2n) is 5.77. The van der Waals surface area contributed by atoms with Crippen molar-refractivity contribution in [1.29, 1.82) is 0 Å². The van der Waals surface area contributed by atoms with Gasteiger partial charge in [0.2, 0.25) is 5.91 Å². The Labute approximate surface area is 97.8 Å². The summed E-state index contributed by atoms with van der Waals surface area (Å²) in [4.78, 5) is 11.6. The van der Waals surface area contributed by atoms with Gasteiger partial charge < -0.3 is 15.7 Å². The number of nitrogens with one attached hydrogen (secondary N) is 2. The Morgan fingerprint density at radius 1 is 1.38 bits per heavy atom. The van der Waals surface area contributed by atoms with Gasteiger partial charge in [-0.1, -0.05) is 0 Å². The van der Waals surface area contributed by atoms with Crippen LogP contribution in [-0.4, -0.2) is 35.2 Å². The van der Waals surface area contributed by atoms with E-state index in [1.807, 2.05) is 0 Å². The summed E-state index contributed by atoms with van der Waals surface area (Å²) in [6, 6.07) is 0. The lowest BCUT2D eigenvalue weighted by atomic mass is 9.77. The van der Waals surface area contributed by atoms with Crippen LogP contribution in [0.4, 0.5) is 0 Å². The van der Waals surface area contributed by atoms with Gasteiger partial charge in [-0.3, -0.25) is 4.79 Å². The van der Waals surface area contributed by atoms with Gasteiger partial charge in [-0.15, -0.1) is 0 Å². The van der Waals surface area contributed by atoms with Crippen molar-refractivity contribution in [2.24, 2.45) is 0 Å².